The number of rotatable bonds is 7. The van der Waals surface area contributed by atoms with Crippen LogP contribution < -0.4 is 4.74 Å². The summed E-state index contributed by atoms with van der Waals surface area (Å²) in [4.78, 5) is 16.3. The standard InChI is InChI=1S/C28H31NO4S2/c1-32-22-6-2-4-18(13-22)23-14-19(5-3-7-30)24(33-23)15-25-27(31)29(28(34)35-25)26-20-9-16-8-17(11-20)12-21(26)10-16/h2,4,6,13-17,20-21,26,30H,3,5,7-12H2,1H3. The van der Waals surface area contributed by atoms with Gasteiger partial charge in [-0.15, -0.1) is 0 Å². The number of carbonyl (C=O) groups is 1. The van der Waals surface area contributed by atoms with Crippen molar-refractivity contribution in [2.75, 3.05) is 13.7 Å². The molecule has 4 saturated carbocycles. The summed E-state index contributed by atoms with van der Waals surface area (Å²) in [5, 5.41) is 9.41. The normalized spacial score (nSPS) is 30.6. The number of methoxy groups -OCH3 is 1. The van der Waals surface area contributed by atoms with E-state index in [9.17, 15) is 9.90 Å². The Hall–Kier alpha value is -2.09. The number of benzene rings is 1. The largest absolute Gasteiger partial charge is 0.497 e. The van der Waals surface area contributed by atoms with Gasteiger partial charge in [0.05, 0.1) is 12.0 Å². The maximum absolute atomic E-state index is 13.7. The molecule has 1 amide bonds. The van der Waals surface area contributed by atoms with Crippen molar-refractivity contribution in [3.8, 4) is 17.1 Å². The highest BCUT2D eigenvalue weighted by Gasteiger charge is 2.53. The van der Waals surface area contributed by atoms with Gasteiger partial charge >= 0.3 is 0 Å². The number of hydrogen-bond donors (Lipinski definition) is 1. The number of nitrogens with zero attached hydrogens (tertiary/aromatic N) is 1. The molecule has 1 aromatic carbocycles. The number of carbonyl (C=O) groups excluding carboxylic acids is 1. The molecule has 0 radical (unpaired) electrons. The maximum Gasteiger partial charge on any atom is 0.266 e. The number of aliphatic hydroxyl groups excluding tert-OH is 1. The molecule has 1 aromatic heterocycles. The van der Waals surface area contributed by atoms with Crippen molar-refractivity contribution in [1.29, 1.82) is 0 Å². The molecule has 5 fully saturated rings. The van der Waals surface area contributed by atoms with Gasteiger partial charge in [-0.1, -0.05) is 36.1 Å². The molecule has 4 aliphatic carbocycles. The van der Waals surface area contributed by atoms with Crippen molar-refractivity contribution in [3.05, 3.63) is 46.6 Å². The number of furan rings is 1. The van der Waals surface area contributed by atoms with Gasteiger partial charge in [-0.25, -0.2) is 0 Å². The van der Waals surface area contributed by atoms with Crippen LogP contribution in [0.3, 0.4) is 0 Å². The van der Waals surface area contributed by atoms with Crippen molar-refractivity contribution < 1.29 is 19.1 Å². The van der Waals surface area contributed by atoms with Crippen LogP contribution in [-0.2, 0) is 11.2 Å². The molecule has 7 rings (SSSR count). The highest BCUT2D eigenvalue weighted by atomic mass is 32.2. The zero-order valence-corrected chi connectivity index (χ0v) is 21.6. The molecule has 2 heterocycles. The van der Waals surface area contributed by atoms with Crippen LogP contribution in [-0.4, -0.2) is 40.0 Å². The lowest BCUT2D eigenvalue weighted by atomic mass is 9.54. The summed E-state index contributed by atoms with van der Waals surface area (Å²) in [5.74, 6) is 5.08. The fourth-order valence-electron chi connectivity index (χ4n) is 7.12. The van der Waals surface area contributed by atoms with Gasteiger partial charge in [-0.2, -0.15) is 0 Å². The molecule has 2 aromatic rings. The van der Waals surface area contributed by atoms with Crippen LogP contribution in [0.15, 0.2) is 39.7 Å². The van der Waals surface area contributed by atoms with Gasteiger partial charge in [-0.3, -0.25) is 9.69 Å². The zero-order chi connectivity index (χ0) is 24.1. The molecule has 1 saturated heterocycles. The van der Waals surface area contributed by atoms with Gasteiger partial charge in [0.25, 0.3) is 5.91 Å². The maximum atomic E-state index is 13.7. The summed E-state index contributed by atoms with van der Waals surface area (Å²) in [5.41, 5.74) is 1.90. The SMILES string of the molecule is COc1cccc(-c2cc(CCCO)c(C=C3SC(=S)N(C4C5CC6CC(C5)CC4C6)C3=O)o2)c1. The van der Waals surface area contributed by atoms with E-state index < -0.39 is 0 Å². The van der Waals surface area contributed by atoms with Crippen molar-refractivity contribution in [2.45, 2.75) is 51.0 Å². The third-order valence-corrected chi connectivity index (χ3v) is 9.69. The summed E-state index contributed by atoms with van der Waals surface area (Å²) in [7, 11) is 1.64. The molecule has 1 N–H and O–H groups in total. The van der Waals surface area contributed by atoms with E-state index in [0.717, 1.165) is 34.5 Å². The minimum Gasteiger partial charge on any atom is -0.497 e. The minimum absolute atomic E-state index is 0.0323. The monoisotopic (exact) mass is 509 g/mol. The Morgan fingerprint density at radius 3 is 2.60 bits per heavy atom. The average Bonchev–Trinajstić information content (AvgIpc) is 3.38. The van der Waals surface area contributed by atoms with Gasteiger partial charge in [-0.05, 0) is 92.4 Å². The van der Waals surface area contributed by atoms with E-state index in [2.05, 4.69) is 0 Å². The molecule has 0 atom stereocenters. The summed E-state index contributed by atoms with van der Waals surface area (Å²) in [6, 6.07) is 10.0. The van der Waals surface area contributed by atoms with E-state index in [-0.39, 0.29) is 18.6 Å². The Morgan fingerprint density at radius 1 is 1.17 bits per heavy atom. The van der Waals surface area contributed by atoms with Gasteiger partial charge < -0.3 is 14.3 Å². The topological polar surface area (TPSA) is 62.9 Å². The first-order chi connectivity index (χ1) is 17.0. The lowest BCUT2D eigenvalue weighted by Gasteiger charge is -2.56. The minimum atomic E-state index is 0.0323. The third kappa shape index (κ3) is 4.25. The Labute approximate surface area is 215 Å². The van der Waals surface area contributed by atoms with Crippen LogP contribution in [0.25, 0.3) is 17.4 Å². The Balaban J connectivity index is 1.30. The molecular weight excluding hydrogens is 478 g/mol. The van der Waals surface area contributed by atoms with Crippen LogP contribution in [0, 0.1) is 23.7 Å². The smallest absolute Gasteiger partial charge is 0.266 e. The average molecular weight is 510 g/mol. The number of thioether (sulfide) groups is 1. The molecule has 5 aliphatic rings. The van der Waals surface area contributed by atoms with E-state index >= 15 is 0 Å². The van der Waals surface area contributed by atoms with Crippen LogP contribution in [0.1, 0.15) is 49.8 Å². The summed E-state index contributed by atoms with van der Waals surface area (Å²) in [6.07, 6.45) is 9.57. The number of hydrogen-bond acceptors (Lipinski definition) is 6. The third-order valence-electron chi connectivity index (χ3n) is 8.36. The first-order valence-electron chi connectivity index (χ1n) is 12.7. The lowest BCUT2D eigenvalue weighted by Crippen LogP contribution is -2.57. The predicted molar refractivity (Wildman–Crippen MR) is 142 cm³/mol. The number of ether oxygens (including phenoxy) is 1. The van der Waals surface area contributed by atoms with E-state index in [1.54, 1.807) is 7.11 Å². The van der Waals surface area contributed by atoms with Crippen molar-refractivity contribution in [3.63, 3.8) is 0 Å². The number of aryl methyl sites for hydroxylation is 1. The Bertz CT molecular complexity index is 1160. The Morgan fingerprint density at radius 2 is 1.91 bits per heavy atom. The lowest BCUT2D eigenvalue weighted by molar-refractivity contribution is -0.130. The summed E-state index contributed by atoms with van der Waals surface area (Å²) < 4.78 is 12.3. The molecule has 1 aliphatic heterocycles. The predicted octanol–water partition coefficient (Wildman–Crippen LogP) is 5.91. The molecule has 0 spiro atoms. The molecular formula is C28H31NO4S2. The molecule has 4 bridgehead atoms. The summed E-state index contributed by atoms with van der Waals surface area (Å²) in [6.45, 7) is 0.105. The van der Waals surface area contributed by atoms with E-state index in [1.807, 2.05) is 41.3 Å². The number of amides is 1. The number of aliphatic hydroxyl groups is 1. The molecule has 5 nitrogen and oxygen atoms in total. The van der Waals surface area contributed by atoms with Crippen LogP contribution in [0.5, 0.6) is 5.75 Å². The van der Waals surface area contributed by atoms with E-state index in [4.69, 9.17) is 21.4 Å². The summed E-state index contributed by atoms with van der Waals surface area (Å²) >= 11 is 7.18. The molecule has 0 unspecified atom stereocenters. The van der Waals surface area contributed by atoms with Crippen LogP contribution in [0.2, 0.25) is 0 Å². The van der Waals surface area contributed by atoms with Gasteiger partial charge in [0.2, 0.25) is 0 Å². The highest BCUT2D eigenvalue weighted by Crippen LogP contribution is 2.56. The van der Waals surface area contributed by atoms with Gasteiger partial charge in [0, 0.05) is 24.3 Å². The quantitative estimate of drug-likeness (QED) is 0.370. The second kappa shape index (κ2) is 9.41. The van der Waals surface area contributed by atoms with Gasteiger partial charge in [0.1, 0.15) is 21.6 Å². The van der Waals surface area contributed by atoms with Crippen LogP contribution in [0.4, 0.5) is 0 Å². The van der Waals surface area contributed by atoms with Crippen molar-refractivity contribution >= 4 is 40.3 Å². The first-order valence-corrected chi connectivity index (χ1v) is 13.9. The second-order valence-electron chi connectivity index (χ2n) is 10.5. The molecule has 184 valence electrons. The van der Waals surface area contributed by atoms with E-state index in [0.29, 0.717) is 39.7 Å². The zero-order valence-electron chi connectivity index (χ0n) is 19.9. The Kier molecular flexibility index (Phi) is 6.27. The second-order valence-corrected chi connectivity index (χ2v) is 12.2. The number of thiocarbonyl (C=S) groups is 1. The van der Waals surface area contributed by atoms with Crippen molar-refractivity contribution in [2.24, 2.45) is 23.7 Å². The fraction of sp³-hybridized carbons (Fsp3) is 0.500. The van der Waals surface area contributed by atoms with E-state index in [1.165, 1.54) is 43.9 Å². The van der Waals surface area contributed by atoms with Crippen molar-refractivity contribution in [1.82, 2.24) is 4.90 Å². The first kappa shape index (κ1) is 23.3. The molecule has 7 heteroatoms. The highest BCUT2D eigenvalue weighted by molar-refractivity contribution is 8.26. The van der Waals surface area contributed by atoms with Gasteiger partial charge in [0.15, 0.2) is 0 Å². The van der Waals surface area contributed by atoms with Crippen LogP contribution >= 0.6 is 24.0 Å². The fourth-order valence-corrected chi connectivity index (χ4v) is 8.44. The molecule has 35 heavy (non-hydrogen) atoms.